The highest BCUT2D eigenvalue weighted by molar-refractivity contribution is 4.99. The Morgan fingerprint density at radius 2 is 1.21 bits per heavy atom. The second-order valence-corrected chi connectivity index (χ2v) is 6.10. The van der Waals surface area contributed by atoms with Gasteiger partial charge in [-0.3, -0.25) is 0 Å². The Balaban J connectivity index is 2.19. The van der Waals surface area contributed by atoms with Crippen molar-refractivity contribution in [1.82, 2.24) is 10.0 Å². The molecule has 2 rings (SSSR count). The number of hydrazine groups is 1. The lowest BCUT2D eigenvalue weighted by Crippen LogP contribution is -2.57. The molecule has 82 valence electrons. The molecule has 0 unspecified atom stereocenters. The average molecular weight is 196 g/mol. The van der Waals surface area contributed by atoms with Crippen LogP contribution in [0.1, 0.15) is 53.4 Å². The van der Waals surface area contributed by atoms with Crippen molar-refractivity contribution in [3.63, 3.8) is 0 Å². The second kappa shape index (κ2) is 3.21. The molecule has 0 saturated carbocycles. The van der Waals surface area contributed by atoms with E-state index in [-0.39, 0.29) is 0 Å². The molecule has 0 aliphatic carbocycles. The molecule has 2 heteroatoms. The van der Waals surface area contributed by atoms with E-state index in [1.54, 1.807) is 0 Å². The minimum atomic E-state index is 0.369. The summed E-state index contributed by atoms with van der Waals surface area (Å²) in [5.74, 6) is 0. The summed E-state index contributed by atoms with van der Waals surface area (Å²) in [4.78, 5) is 0. The van der Waals surface area contributed by atoms with E-state index in [1.165, 1.54) is 38.8 Å². The molecular formula is C12H24N2. The van der Waals surface area contributed by atoms with Gasteiger partial charge in [-0.2, -0.15) is 0 Å². The summed E-state index contributed by atoms with van der Waals surface area (Å²) in [6.07, 6.45) is 5.42. The van der Waals surface area contributed by atoms with Crippen LogP contribution < -0.4 is 0 Å². The van der Waals surface area contributed by atoms with E-state index in [0.717, 1.165) is 0 Å². The van der Waals surface area contributed by atoms with E-state index >= 15 is 0 Å². The molecule has 0 radical (unpaired) electrons. The lowest BCUT2D eigenvalue weighted by atomic mass is 10.0. The molecule has 0 bridgehead atoms. The zero-order valence-corrected chi connectivity index (χ0v) is 10.1. The fourth-order valence-electron chi connectivity index (χ4n) is 3.31. The van der Waals surface area contributed by atoms with Crippen molar-refractivity contribution >= 4 is 0 Å². The van der Waals surface area contributed by atoms with Crippen LogP contribution >= 0.6 is 0 Å². The first-order valence-electron chi connectivity index (χ1n) is 5.99. The van der Waals surface area contributed by atoms with E-state index in [2.05, 4.69) is 37.7 Å². The van der Waals surface area contributed by atoms with Gasteiger partial charge in [-0.15, -0.1) is 0 Å². The number of rotatable bonds is 1. The van der Waals surface area contributed by atoms with Gasteiger partial charge in [0.05, 0.1) is 0 Å². The van der Waals surface area contributed by atoms with Crippen LogP contribution in [0.15, 0.2) is 0 Å². The molecule has 0 atom stereocenters. The van der Waals surface area contributed by atoms with Crippen LogP contribution in [0.4, 0.5) is 0 Å². The fourth-order valence-corrected chi connectivity index (χ4v) is 3.31. The molecule has 0 aromatic rings. The van der Waals surface area contributed by atoms with Crippen LogP contribution in [0, 0.1) is 0 Å². The van der Waals surface area contributed by atoms with Gasteiger partial charge in [0.1, 0.15) is 0 Å². The Morgan fingerprint density at radius 3 is 1.64 bits per heavy atom. The van der Waals surface area contributed by atoms with Crippen molar-refractivity contribution in [3.05, 3.63) is 0 Å². The van der Waals surface area contributed by atoms with Crippen molar-refractivity contribution < 1.29 is 0 Å². The molecule has 2 aliphatic heterocycles. The topological polar surface area (TPSA) is 6.48 Å². The summed E-state index contributed by atoms with van der Waals surface area (Å²) in [6.45, 7) is 12.1. The van der Waals surface area contributed by atoms with Crippen LogP contribution in [0.2, 0.25) is 0 Å². The zero-order valence-electron chi connectivity index (χ0n) is 10.1. The summed E-state index contributed by atoms with van der Waals surface area (Å²) < 4.78 is 0. The van der Waals surface area contributed by atoms with Crippen LogP contribution in [0.3, 0.4) is 0 Å². The van der Waals surface area contributed by atoms with Crippen LogP contribution in [-0.4, -0.2) is 34.2 Å². The lowest BCUT2D eigenvalue weighted by Gasteiger charge is -2.46. The van der Waals surface area contributed by atoms with Crippen LogP contribution in [0.5, 0.6) is 0 Å². The van der Waals surface area contributed by atoms with Gasteiger partial charge in [0.25, 0.3) is 0 Å². The van der Waals surface area contributed by atoms with E-state index in [1.807, 2.05) is 0 Å². The molecule has 0 aromatic carbocycles. The Bertz CT molecular complexity index is 198. The molecule has 0 aromatic heterocycles. The predicted octanol–water partition coefficient (Wildman–Crippen LogP) is 2.65. The molecular weight excluding hydrogens is 172 g/mol. The molecule has 14 heavy (non-hydrogen) atoms. The van der Waals surface area contributed by atoms with E-state index in [4.69, 9.17) is 0 Å². The van der Waals surface area contributed by atoms with E-state index < -0.39 is 0 Å². The molecule has 2 heterocycles. The molecule has 0 spiro atoms. The highest BCUT2D eigenvalue weighted by Gasteiger charge is 2.47. The fraction of sp³-hybridized carbons (Fsp3) is 1.00. The first-order chi connectivity index (χ1) is 6.43. The first-order valence-corrected chi connectivity index (χ1v) is 5.99. The van der Waals surface area contributed by atoms with Crippen molar-refractivity contribution in [2.75, 3.05) is 13.1 Å². The highest BCUT2D eigenvalue weighted by Crippen LogP contribution is 2.42. The second-order valence-electron chi connectivity index (χ2n) is 6.10. The van der Waals surface area contributed by atoms with Gasteiger partial charge in [-0.25, -0.2) is 10.0 Å². The van der Waals surface area contributed by atoms with Gasteiger partial charge < -0.3 is 0 Å². The summed E-state index contributed by atoms with van der Waals surface area (Å²) in [5.41, 5.74) is 0.738. The van der Waals surface area contributed by atoms with Gasteiger partial charge in [-0.05, 0) is 53.4 Å². The summed E-state index contributed by atoms with van der Waals surface area (Å²) >= 11 is 0. The molecule has 2 fully saturated rings. The Kier molecular flexibility index (Phi) is 2.39. The smallest absolute Gasteiger partial charge is 0.0307 e. The van der Waals surface area contributed by atoms with Gasteiger partial charge in [0.2, 0.25) is 0 Å². The summed E-state index contributed by atoms with van der Waals surface area (Å²) in [7, 11) is 0. The molecule has 2 nitrogen and oxygen atoms in total. The normalized spacial score (nSPS) is 32.6. The largest absolute Gasteiger partial charge is 0.241 e. The van der Waals surface area contributed by atoms with Gasteiger partial charge >= 0.3 is 0 Å². The van der Waals surface area contributed by atoms with Crippen molar-refractivity contribution in [3.8, 4) is 0 Å². The van der Waals surface area contributed by atoms with Crippen LogP contribution in [0.25, 0.3) is 0 Å². The maximum atomic E-state index is 2.66. The predicted molar refractivity (Wildman–Crippen MR) is 60.0 cm³/mol. The summed E-state index contributed by atoms with van der Waals surface area (Å²) in [6, 6.07) is 0. The number of nitrogens with zero attached hydrogens (tertiary/aromatic N) is 2. The van der Waals surface area contributed by atoms with E-state index in [0.29, 0.717) is 11.1 Å². The summed E-state index contributed by atoms with van der Waals surface area (Å²) in [5, 5.41) is 5.25. The van der Waals surface area contributed by atoms with Crippen LogP contribution in [-0.2, 0) is 0 Å². The monoisotopic (exact) mass is 196 g/mol. The van der Waals surface area contributed by atoms with Crippen molar-refractivity contribution in [2.24, 2.45) is 0 Å². The third kappa shape index (κ3) is 1.59. The maximum Gasteiger partial charge on any atom is 0.0307 e. The van der Waals surface area contributed by atoms with Crippen molar-refractivity contribution in [1.29, 1.82) is 0 Å². The Labute approximate surface area is 88.2 Å². The maximum absolute atomic E-state index is 2.66. The lowest BCUT2D eigenvalue weighted by molar-refractivity contribution is -0.113. The Morgan fingerprint density at radius 1 is 0.786 bits per heavy atom. The molecule has 0 N–H and O–H groups in total. The van der Waals surface area contributed by atoms with Gasteiger partial charge in [-0.1, -0.05) is 0 Å². The zero-order chi connectivity index (χ0) is 10.4. The third-order valence-electron chi connectivity index (χ3n) is 3.86. The van der Waals surface area contributed by atoms with Crippen molar-refractivity contribution in [2.45, 2.75) is 64.5 Å². The minimum absolute atomic E-state index is 0.369. The minimum Gasteiger partial charge on any atom is -0.241 e. The first kappa shape index (κ1) is 10.4. The number of hydrogen-bond donors (Lipinski definition) is 0. The standard InChI is InChI=1S/C12H24N2/c1-11(2)7-8-12(3,4)14(11)13-9-5-6-10-13/h5-10H2,1-4H3. The van der Waals surface area contributed by atoms with E-state index in [9.17, 15) is 0 Å². The van der Waals surface area contributed by atoms with Gasteiger partial charge in [0.15, 0.2) is 0 Å². The average Bonchev–Trinajstić information content (AvgIpc) is 2.58. The highest BCUT2D eigenvalue weighted by atomic mass is 15.7. The SMILES string of the molecule is CC1(C)CCC(C)(C)N1N1CCCC1. The molecule has 2 aliphatic rings. The molecule has 0 amide bonds. The van der Waals surface area contributed by atoms with Gasteiger partial charge in [0, 0.05) is 24.2 Å². The third-order valence-corrected chi connectivity index (χ3v) is 3.86. The number of hydrogen-bond acceptors (Lipinski definition) is 2. The quantitative estimate of drug-likeness (QED) is 0.636. The molecule has 2 saturated heterocycles. The Hall–Kier alpha value is -0.0800.